The maximum atomic E-state index is 14.0. The largest absolute Gasteiger partial charge is 0.494 e. The van der Waals surface area contributed by atoms with Crippen molar-refractivity contribution >= 4 is 39.1 Å². The Bertz CT molecular complexity index is 1480. The molecule has 0 aromatic heterocycles. The van der Waals surface area contributed by atoms with Crippen LogP contribution in [0.3, 0.4) is 0 Å². The van der Waals surface area contributed by atoms with Gasteiger partial charge in [0.1, 0.15) is 24.2 Å². The second-order valence-electron chi connectivity index (χ2n) is 10.6. The third-order valence-electron chi connectivity index (χ3n) is 7.50. The monoisotopic (exact) mass is 629 g/mol. The van der Waals surface area contributed by atoms with Crippen molar-refractivity contribution in [3.63, 3.8) is 0 Å². The molecule has 11 heteroatoms. The molecule has 2 amide bonds. The molecule has 1 atom stereocenters. The van der Waals surface area contributed by atoms with Crippen molar-refractivity contribution in [2.45, 2.75) is 69.5 Å². The van der Waals surface area contributed by atoms with Crippen LogP contribution < -0.4 is 14.4 Å². The molecule has 1 N–H and O–H groups in total. The van der Waals surface area contributed by atoms with Crippen LogP contribution in [0.15, 0.2) is 77.7 Å². The lowest BCUT2D eigenvalue weighted by Crippen LogP contribution is -2.53. The molecule has 0 heterocycles. The summed E-state index contributed by atoms with van der Waals surface area (Å²) < 4.78 is 48.1. The van der Waals surface area contributed by atoms with E-state index in [4.69, 9.17) is 16.3 Å². The molecule has 0 aliphatic heterocycles. The van der Waals surface area contributed by atoms with Gasteiger partial charge in [0.2, 0.25) is 11.8 Å². The highest BCUT2D eigenvalue weighted by Crippen LogP contribution is 2.27. The van der Waals surface area contributed by atoms with Gasteiger partial charge < -0.3 is 15.0 Å². The summed E-state index contributed by atoms with van der Waals surface area (Å²) in [7, 11) is -4.28. The average molecular weight is 630 g/mol. The number of carbonyl (C=O) groups excluding carboxylic acids is 2. The molecule has 3 aromatic carbocycles. The quantitative estimate of drug-likeness (QED) is 0.268. The number of carbonyl (C=O) groups is 2. The van der Waals surface area contributed by atoms with E-state index in [0.717, 1.165) is 54.1 Å². The van der Waals surface area contributed by atoms with E-state index < -0.39 is 34.3 Å². The van der Waals surface area contributed by atoms with E-state index >= 15 is 0 Å². The SMILES string of the molecule is CCOc1ccc(S(=O)(=O)N(CC(=O)N(Cc2ccc(Cl)cc2)[C@H](C)C(=O)NC2CCCCC2)c2ccc(F)cc2)cc1. The third kappa shape index (κ3) is 8.48. The summed E-state index contributed by atoms with van der Waals surface area (Å²) in [6.45, 7) is 3.30. The maximum Gasteiger partial charge on any atom is 0.264 e. The lowest BCUT2D eigenvalue weighted by atomic mass is 9.95. The van der Waals surface area contributed by atoms with Crippen LogP contribution >= 0.6 is 11.6 Å². The fourth-order valence-electron chi connectivity index (χ4n) is 5.08. The predicted molar refractivity (Wildman–Crippen MR) is 165 cm³/mol. The molecular formula is C32H37ClFN3O5S. The number of amides is 2. The number of hydrogen-bond acceptors (Lipinski definition) is 5. The van der Waals surface area contributed by atoms with Crippen molar-refractivity contribution in [3.05, 3.63) is 89.2 Å². The van der Waals surface area contributed by atoms with E-state index in [1.165, 1.54) is 41.3 Å². The third-order valence-corrected chi connectivity index (χ3v) is 9.54. The van der Waals surface area contributed by atoms with Crippen molar-refractivity contribution < 1.29 is 27.1 Å². The molecule has 0 unspecified atom stereocenters. The number of benzene rings is 3. The average Bonchev–Trinajstić information content (AvgIpc) is 3.00. The van der Waals surface area contributed by atoms with Gasteiger partial charge in [0.25, 0.3) is 10.0 Å². The molecule has 0 radical (unpaired) electrons. The Morgan fingerprint density at radius 1 is 0.977 bits per heavy atom. The van der Waals surface area contributed by atoms with Crippen molar-refractivity contribution in [2.24, 2.45) is 0 Å². The first kappa shape index (κ1) is 32.3. The highest BCUT2D eigenvalue weighted by molar-refractivity contribution is 7.92. The van der Waals surface area contributed by atoms with Crippen molar-refractivity contribution in [3.8, 4) is 5.75 Å². The van der Waals surface area contributed by atoms with Crippen molar-refractivity contribution in [2.75, 3.05) is 17.5 Å². The Morgan fingerprint density at radius 3 is 2.21 bits per heavy atom. The van der Waals surface area contributed by atoms with Gasteiger partial charge in [0.05, 0.1) is 17.2 Å². The van der Waals surface area contributed by atoms with E-state index in [-0.39, 0.29) is 29.1 Å². The second kappa shape index (κ2) is 14.7. The van der Waals surface area contributed by atoms with Gasteiger partial charge in [-0.2, -0.15) is 0 Å². The zero-order valence-electron chi connectivity index (χ0n) is 24.3. The molecule has 1 aliphatic rings. The lowest BCUT2D eigenvalue weighted by Gasteiger charge is -2.33. The number of ether oxygens (including phenoxy) is 1. The molecule has 1 fully saturated rings. The Hall–Kier alpha value is -3.63. The van der Waals surface area contributed by atoms with Crippen LogP contribution in [0.4, 0.5) is 10.1 Å². The molecule has 1 aliphatic carbocycles. The minimum absolute atomic E-state index is 0.0342. The van der Waals surface area contributed by atoms with Gasteiger partial charge in [-0.25, -0.2) is 12.8 Å². The summed E-state index contributed by atoms with van der Waals surface area (Å²) in [5.74, 6) is -0.958. The van der Waals surface area contributed by atoms with Crippen LogP contribution in [0.25, 0.3) is 0 Å². The molecule has 4 rings (SSSR count). The molecule has 230 valence electrons. The molecular weight excluding hydrogens is 593 g/mol. The normalized spacial score (nSPS) is 14.5. The Morgan fingerprint density at radius 2 is 1.60 bits per heavy atom. The predicted octanol–water partition coefficient (Wildman–Crippen LogP) is 5.94. The van der Waals surface area contributed by atoms with E-state index in [1.54, 1.807) is 31.2 Å². The van der Waals surface area contributed by atoms with E-state index in [2.05, 4.69) is 5.32 Å². The van der Waals surface area contributed by atoms with E-state index in [1.807, 2.05) is 6.92 Å². The van der Waals surface area contributed by atoms with Crippen molar-refractivity contribution in [1.29, 1.82) is 0 Å². The molecule has 0 bridgehead atoms. The van der Waals surface area contributed by atoms with Gasteiger partial charge in [-0.1, -0.05) is 43.0 Å². The smallest absolute Gasteiger partial charge is 0.264 e. The van der Waals surface area contributed by atoms with Crippen LogP contribution in [0.2, 0.25) is 5.02 Å². The van der Waals surface area contributed by atoms with Gasteiger partial charge in [0.15, 0.2) is 0 Å². The van der Waals surface area contributed by atoms with Gasteiger partial charge in [-0.15, -0.1) is 0 Å². The first-order valence-electron chi connectivity index (χ1n) is 14.4. The summed E-state index contributed by atoms with van der Waals surface area (Å²) in [6, 6.07) is 16.7. The fourth-order valence-corrected chi connectivity index (χ4v) is 6.62. The maximum absolute atomic E-state index is 14.0. The Labute approximate surface area is 257 Å². The molecule has 0 spiro atoms. The number of rotatable bonds is 12. The molecule has 43 heavy (non-hydrogen) atoms. The number of nitrogens with one attached hydrogen (secondary N) is 1. The van der Waals surface area contributed by atoms with Crippen LogP contribution in [0.1, 0.15) is 51.5 Å². The lowest BCUT2D eigenvalue weighted by molar-refractivity contribution is -0.139. The Balaban J connectivity index is 1.66. The number of halogens is 2. The number of nitrogens with zero attached hydrogens (tertiary/aromatic N) is 2. The van der Waals surface area contributed by atoms with Crippen LogP contribution in [0.5, 0.6) is 5.75 Å². The topological polar surface area (TPSA) is 96.0 Å². The molecule has 0 saturated heterocycles. The number of sulfonamides is 1. The van der Waals surface area contributed by atoms with Gasteiger partial charge in [0, 0.05) is 17.6 Å². The van der Waals surface area contributed by atoms with Crippen molar-refractivity contribution in [1.82, 2.24) is 10.2 Å². The zero-order chi connectivity index (χ0) is 31.0. The fraction of sp³-hybridized carbons (Fsp3) is 0.375. The van der Waals surface area contributed by atoms with Gasteiger partial charge in [-0.05, 0) is 92.9 Å². The summed E-state index contributed by atoms with van der Waals surface area (Å²) >= 11 is 6.06. The number of anilines is 1. The summed E-state index contributed by atoms with van der Waals surface area (Å²) in [6.07, 6.45) is 4.95. The minimum Gasteiger partial charge on any atom is -0.494 e. The second-order valence-corrected chi connectivity index (χ2v) is 12.9. The summed E-state index contributed by atoms with van der Waals surface area (Å²) in [4.78, 5) is 28.7. The molecule has 8 nitrogen and oxygen atoms in total. The van der Waals surface area contributed by atoms with E-state index in [0.29, 0.717) is 17.4 Å². The van der Waals surface area contributed by atoms with Gasteiger partial charge in [-0.3, -0.25) is 13.9 Å². The van der Waals surface area contributed by atoms with E-state index in [9.17, 15) is 22.4 Å². The van der Waals surface area contributed by atoms with Gasteiger partial charge >= 0.3 is 0 Å². The molecule has 1 saturated carbocycles. The molecule has 3 aromatic rings. The minimum atomic E-state index is -4.28. The first-order valence-corrected chi connectivity index (χ1v) is 16.3. The summed E-state index contributed by atoms with van der Waals surface area (Å²) in [5.41, 5.74) is 0.826. The summed E-state index contributed by atoms with van der Waals surface area (Å²) in [5, 5.41) is 3.59. The first-order chi connectivity index (χ1) is 20.6. The van der Waals surface area contributed by atoms with Crippen LogP contribution in [-0.2, 0) is 26.2 Å². The zero-order valence-corrected chi connectivity index (χ0v) is 25.9. The highest BCUT2D eigenvalue weighted by atomic mass is 35.5. The standard InChI is InChI=1S/C32H37ClFN3O5S/c1-3-42-29-17-19-30(20-18-29)43(40,41)37(28-15-13-26(34)14-16-28)22-31(38)36(21-24-9-11-25(33)12-10-24)23(2)32(39)35-27-7-5-4-6-8-27/h9-20,23,27H,3-8,21-22H2,1-2H3,(H,35,39)/t23-/m1/s1. The highest BCUT2D eigenvalue weighted by Gasteiger charge is 2.33. The van der Waals surface area contributed by atoms with Crippen LogP contribution in [-0.4, -0.2) is 50.4 Å². The Kier molecular flexibility index (Phi) is 11.0. The number of hydrogen-bond donors (Lipinski definition) is 1. The van der Waals surface area contributed by atoms with Crippen LogP contribution in [0, 0.1) is 5.82 Å².